The zero-order valence-corrected chi connectivity index (χ0v) is 33.7. The number of hydrogen-bond donors (Lipinski definition) is 0. The summed E-state index contributed by atoms with van der Waals surface area (Å²) in [6.07, 6.45) is 25.7. The minimum absolute atomic E-state index is 0.0516. The third-order valence-electron chi connectivity index (χ3n) is 9.80. The van der Waals surface area contributed by atoms with Crippen molar-refractivity contribution in [3.63, 3.8) is 0 Å². The highest BCUT2D eigenvalue weighted by Crippen LogP contribution is 2.23. The second-order valence-electron chi connectivity index (χ2n) is 14.7. The predicted molar refractivity (Wildman–Crippen MR) is 219 cm³/mol. The van der Waals surface area contributed by atoms with E-state index in [1.165, 1.54) is 120 Å². The lowest BCUT2D eigenvalue weighted by Crippen LogP contribution is -2.15. The Bertz CT molecular complexity index is 1610. The zero-order chi connectivity index (χ0) is 39.5. The zero-order valence-electron chi connectivity index (χ0n) is 33.7. The third kappa shape index (κ3) is 18.8. The van der Waals surface area contributed by atoms with Gasteiger partial charge < -0.3 is 14.2 Å². The summed E-state index contributed by atoms with van der Waals surface area (Å²) in [6.45, 7) is 6.73. The smallest absolute Gasteiger partial charge is 0.343 e. The molecule has 0 heterocycles. The highest BCUT2D eigenvalue weighted by Gasteiger charge is 2.16. The molecule has 3 aromatic rings. The van der Waals surface area contributed by atoms with Crippen LogP contribution in [0.1, 0.15) is 187 Å². The molecule has 0 radical (unpaired) electrons. The maximum atomic E-state index is 14.9. The summed E-state index contributed by atoms with van der Waals surface area (Å²) < 4.78 is 46.0. The van der Waals surface area contributed by atoms with Crippen LogP contribution < -0.4 is 9.47 Å². The fraction of sp³-hybridized carbons (Fsp3) is 0.542. The molecule has 5 nitrogen and oxygen atoms in total. The Balaban J connectivity index is 1.32. The summed E-state index contributed by atoms with van der Waals surface area (Å²) >= 11 is 0. The van der Waals surface area contributed by atoms with Gasteiger partial charge >= 0.3 is 11.9 Å². The monoisotopic (exact) mass is 758 g/mol. The highest BCUT2D eigenvalue weighted by atomic mass is 19.1. The second-order valence-corrected chi connectivity index (χ2v) is 14.7. The number of esters is 2. The second kappa shape index (κ2) is 27.4. The maximum absolute atomic E-state index is 14.9. The average Bonchev–Trinajstić information content (AvgIpc) is 3.18. The summed E-state index contributed by atoms with van der Waals surface area (Å²) in [6, 6.07) is 14.6. The van der Waals surface area contributed by atoms with Gasteiger partial charge in [-0.25, -0.2) is 18.4 Å². The van der Waals surface area contributed by atoms with Gasteiger partial charge in [-0.05, 0) is 86.8 Å². The highest BCUT2D eigenvalue weighted by molar-refractivity contribution is 5.91. The molecule has 55 heavy (non-hydrogen) atoms. The van der Waals surface area contributed by atoms with Crippen LogP contribution in [0, 0.1) is 23.5 Å². The van der Waals surface area contributed by atoms with Crippen LogP contribution in [0.2, 0.25) is 0 Å². The first-order valence-corrected chi connectivity index (χ1v) is 21.1. The molecule has 0 unspecified atom stereocenters. The van der Waals surface area contributed by atoms with Crippen molar-refractivity contribution in [3.05, 3.63) is 94.6 Å². The molecular formula is C48H64F2O5. The van der Waals surface area contributed by atoms with Gasteiger partial charge in [-0.3, -0.25) is 0 Å². The van der Waals surface area contributed by atoms with Crippen molar-refractivity contribution in [2.45, 2.75) is 162 Å². The van der Waals surface area contributed by atoms with Crippen molar-refractivity contribution in [1.82, 2.24) is 0 Å². The van der Waals surface area contributed by atoms with Crippen LogP contribution in [-0.4, -0.2) is 24.6 Å². The molecule has 7 heteroatoms. The summed E-state index contributed by atoms with van der Waals surface area (Å²) in [5, 5.41) is 0. The molecule has 0 saturated carbocycles. The van der Waals surface area contributed by atoms with Gasteiger partial charge in [0.25, 0.3) is 0 Å². The minimum Gasteiger partial charge on any atom is -0.491 e. The first-order valence-electron chi connectivity index (χ1n) is 21.1. The first kappa shape index (κ1) is 45.2. The normalized spacial score (nSPS) is 11.4. The SMILES string of the molecule is CCCCCCCCCCCCCCCCCCOc1ccc(C(=O)Oc2ccc(C#Cc3ccc(C(=O)O[C@@H](C)CCCCCC)cc3)cc2F)cc1F. The van der Waals surface area contributed by atoms with Gasteiger partial charge in [-0.15, -0.1) is 0 Å². The molecule has 3 rings (SSSR count). The van der Waals surface area contributed by atoms with Crippen LogP contribution in [0.3, 0.4) is 0 Å². The van der Waals surface area contributed by atoms with Crippen molar-refractivity contribution in [2.24, 2.45) is 0 Å². The van der Waals surface area contributed by atoms with E-state index >= 15 is 0 Å². The molecule has 0 fully saturated rings. The lowest BCUT2D eigenvalue weighted by atomic mass is 10.0. The number of ether oxygens (including phenoxy) is 3. The number of hydrogen-bond acceptors (Lipinski definition) is 5. The summed E-state index contributed by atoms with van der Waals surface area (Å²) in [4.78, 5) is 25.2. The van der Waals surface area contributed by atoms with E-state index in [-0.39, 0.29) is 29.1 Å². The van der Waals surface area contributed by atoms with Crippen LogP contribution >= 0.6 is 0 Å². The fourth-order valence-corrected chi connectivity index (χ4v) is 6.40. The standard InChI is InChI=1S/C48H64F2O5/c1-4-6-8-10-11-12-13-14-15-16-17-18-19-20-21-23-35-53-45-34-32-42(37-44(45)50)48(52)55-46-33-29-40(36-43(46)49)26-25-39-27-30-41(31-28-39)47(51)54-38(3)24-22-9-7-5-2/h27-34,36-38H,4-24,35H2,1-3H3/t38-/m0/s1. The van der Waals surface area contributed by atoms with Gasteiger partial charge in [-0.1, -0.05) is 141 Å². The Hall–Kier alpha value is -4.18. The van der Waals surface area contributed by atoms with Crippen molar-refractivity contribution in [1.29, 1.82) is 0 Å². The van der Waals surface area contributed by atoms with Crippen molar-refractivity contribution in [3.8, 4) is 23.3 Å². The molecule has 0 spiro atoms. The Labute approximate surface area is 329 Å². The molecule has 3 aromatic carbocycles. The van der Waals surface area contributed by atoms with Crippen molar-refractivity contribution < 1.29 is 32.6 Å². The van der Waals surface area contributed by atoms with Crippen molar-refractivity contribution in [2.75, 3.05) is 6.61 Å². The van der Waals surface area contributed by atoms with E-state index in [1.807, 2.05) is 6.92 Å². The van der Waals surface area contributed by atoms with Crippen LogP contribution in [-0.2, 0) is 4.74 Å². The van der Waals surface area contributed by atoms with E-state index in [4.69, 9.17) is 14.2 Å². The van der Waals surface area contributed by atoms with E-state index in [0.29, 0.717) is 23.3 Å². The number of benzene rings is 3. The van der Waals surface area contributed by atoms with E-state index in [2.05, 4.69) is 25.7 Å². The van der Waals surface area contributed by atoms with Gasteiger partial charge in [-0.2, -0.15) is 0 Å². The third-order valence-corrected chi connectivity index (χ3v) is 9.80. The summed E-state index contributed by atoms with van der Waals surface area (Å²) in [7, 11) is 0. The Morgan fingerprint density at radius 2 is 1.02 bits per heavy atom. The number of carbonyl (C=O) groups is 2. The summed E-state index contributed by atoms with van der Waals surface area (Å²) in [5.74, 6) is 2.91. The van der Waals surface area contributed by atoms with E-state index in [1.54, 1.807) is 24.3 Å². The van der Waals surface area contributed by atoms with Gasteiger partial charge in [0.2, 0.25) is 0 Å². The number of unbranched alkanes of at least 4 members (excludes halogenated alkanes) is 18. The molecule has 0 N–H and O–H groups in total. The van der Waals surface area contributed by atoms with E-state index in [9.17, 15) is 18.4 Å². The molecule has 0 aliphatic rings. The molecule has 1 atom stereocenters. The predicted octanol–water partition coefficient (Wildman–Crippen LogP) is 13.7. The van der Waals surface area contributed by atoms with E-state index < -0.39 is 17.6 Å². The molecule has 0 bridgehead atoms. The van der Waals surface area contributed by atoms with E-state index in [0.717, 1.165) is 51.0 Å². The van der Waals surface area contributed by atoms with Crippen LogP contribution in [0.25, 0.3) is 0 Å². The van der Waals surface area contributed by atoms with Crippen LogP contribution in [0.5, 0.6) is 11.5 Å². The van der Waals surface area contributed by atoms with Gasteiger partial charge in [0.15, 0.2) is 23.1 Å². The molecule has 0 amide bonds. The quantitative estimate of drug-likeness (QED) is 0.0335. The Morgan fingerprint density at radius 1 is 0.545 bits per heavy atom. The van der Waals surface area contributed by atoms with Gasteiger partial charge in [0, 0.05) is 11.1 Å². The molecule has 0 saturated heterocycles. The number of halogens is 2. The Morgan fingerprint density at radius 3 is 1.58 bits per heavy atom. The molecule has 0 aliphatic heterocycles. The molecular weight excluding hydrogens is 695 g/mol. The van der Waals surface area contributed by atoms with Crippen molar-refractivity contribution >= 4 is 11.9 Å². The first-order chi connectivity index (χ1) is 26.8. The van der Waals surface area contributed by atoms with Crippen LogP contribution in [0.4, 0.5) is 8.78 Å². The van der Waals surface area contributed by atoms with Gasteiger partial charge in [0.1, 0.15) is 0 Å². The van der Waals surface area contributed by atoms with Gasteiger partial charge in [0.05, 0.1) is 23.8 Å². The minimum atomic E-state index is -0.884. The molecule has 0 aromatic heterocycles. The average molecular weight is 759 g/mol. The van der Waals surface area contributed by atoms with Crippen LogP contribution in [0.15, 0.2) is 60.7 Å². The largest absolute Gasteiger partial charge is 0.491 e. The Kier molecular flexibility index (Phi) is 22.5. The maximum Gasteiger partial charge on any atom is 0.343 e. The summed E-state index contributed by atoms with van der Waals surface area (Å²) in [5.41, 5.74) is 1.40. The molecule has 0 aliphatic carbocycles. The fourth-order valence-electron chi connectivity index (χ4n) is 6.40. The lowest BCUT2D eigenvalue weighted by molar-refractivity contribution is 0.0319. The lowest BCUT2D eigenvalue weighted by Gasteiger charge is -2.13. The number of rotatable bonds is 27. The molecule has 300 valence electrons. The number of carbonyl (C=O) groups excluding carboxylic acids is 2. The topological polar surface area (TPSA) is 61.8 Å².